The van der Waals surface area contributed by atoms with Gasteiger partial charge in [-0.1, -0.05) is 39.0 Å². The number of rotatable bonds is 3. The molecule has 146 valence electrons. The van der Waals surface area contributed by atoms with Gasteiger partial charge in [-0.25, -0.2) is 13.1 Å². The van der Waals surface area contributed by atoms with Gasteiger partial charge in [-0.3, -0.25) is 4.79 Å². The maximum absolute atomic E-state index is 13.3. The zero-order valence-electron chi connectivity index (χ0n) is 16.2. The Labute approximate surface area is 160 Å². The summed E-state index contributed by atoms with van der Waals surface area (Å²) >= 11 is 0. The van der Waals surface area contributed by atoms with E-state index < -0.39 is 15.4 Å². The molecule has 1 saturated heterocycles. The van der Waals surface area contributed by atoms with Crippen molar-refractivity contribution >= 4 is 15.9 Å². The maximum Gasteiger partial charge on any atom is 0.246 e. The van der Waals surface area contributed by atoms with Crippen LogP contribution in [0.5, 0.6) is 0 Å². The number of benzene rings is 1. The van der Waals surface area contributed by atoms with Gasteiger partial charge < -0.3 is 4.90 Å². The van der Waals surface area contributed by atoms with E-state index in [2.05, 4.69) is 5.10 Å². The van der Waals surface area contributed by atoms with E-state index in [-0.39, 0.29) is 10.8 Å². The van der Waals surface area contributed by atoms with Gasteiger partial charge in [0.15, 0.2) is 0 Å². The lowest BCUT2D eigenvalue weighted by Gasteiger charge is -2.33. The second kappa shape index (κ2) is 7.09. The van der Waals surface area contributed by atoms with Gasteiger partial charge in [-0.05, 0) is 12.1 Å². The van der Waals surface area contributed by atoms with Crippen LogP contribution in [-0.4, -0.2) is 59.5 Å². The minimum absolute atomic E-state index is 0.0284. The van der Waals surface area contributed by atoms with Gasteiger partial charge in [0.25, 0.3) is 0 Å². The molecule has 0 atom stereocenters. The van der Waals surface area contributed by atoms with Crippen LogP contribution in [0.15, 0.2) is 41.4 Å². The molecule has 0 bridgehead atoms. The van der Waals surface area contributed by atoms with Gasteiger partial charge in [-0.2, -0.15) is 9.40 Å². The van der Waals surface area contributed by atoms with Crippen LogP contribution in [0.2, 0.25) is 0 Å². The number of aromatic nitrogens is 2. The van der Waals surface area contributed by atoms with E-state index in [0.29, 0.717) is 31.9 Å². The molecule has 0 aliphatic carbocycles. The van der Waals surface area contributed by atoms with Crippen molar-refractivity contribution < 1.29 is 13.2 Å². The number of carbonyl (C=O) groups excluding carboxylic acids is 1. The zero-order chi connectivity index (χ0) is 19.8. The fraction of sp³-hybridized carbons (Fsp3) is 0.474. The highest BCUT2D eigenvalue weighted by Crippen LogP contribution is 2.31. The predicted octanol–water partition coefficient (Wildman–Crippen LogP) is 2.02. The van der Waals surface area contributed by atoms with Crippen LogP contribution in [-0.2, 0) is 20.2 Å². The number of carbonyl (C=O) groups is 1. The summed E-state index contributed by atoms with van der Waals surface area (Å²) in [6.07, 6.45) is 1.60. The molecular weight excluding hydrogens is 364 g/mol. The molecule has 0 radical (unpaired) electrons. The van der Waals surface area contributed by atoms with Crippen LogP contribution < -0.4 is 0 Å². The van der Waals surface area contributed by atoms with Crippen molar-refractivity contribution in [1.29, 1.82) is 0 Å². The number of sulfonamides is 1. The molecule has 2 heterocycles. The van der Waals surface area contributed by atoms with E-state index in [4.69, 9.17) is 0 Å². The van der Waals surface area contributed by atoms with Gasteiger partial charge in [-0.15, -0.1) is 0 Å². The molecule has 0 spiro atoms. The van der Waals surface area contributed by atoms with Crippen molar-refractivity contribution in [2.75, 3.05) is 26.2 Å². The standard InChI is InChI=1S/C19H26N4O3S/c1-15(24)21-10-12-22(13-11-21)27(25,26)17-14-23(16-8-6-5-7-9-16)20-18(17)19(2,3)4/h5-9,14H,10-13H2,1-4H3. The lowest BCUT2D eigenvalue weighted by molar-refractivity contribution is -0.129. The first-order chi connectivity index (χ1) is 12.6. The lowest BCUT2D eigenvalue weighted by Crippen LogP contribution is -2.50. The minimum Gasteiger partial charge on any atom is -0.340 e. The molecule has 3 rings (SSSR count). The predicted molar refractivity (Wildman–Crippen MR) is 103 cm³/mol. The third-order valence-corrected chi connectivity index (χ3v) is 6.61. The lowest BCUT2D eigenvalue weighted by atomic mass is 9.92. The van der Waals surface area contributed by atoms with E-state index in [0.717, 1.165) is 5.69 Å². The number of piperazine rings is 1. The highest BCUT2D eigenvalue weighted by molar-refractivity contribution is 7.89. The molecule has 1 aromatic carbocycles. The Hall–Kier alpha value is -2.19. The van der Waals surface area contributed by atoms with Gasteiger partial charge in [0, 0.05) is 38.5 Å². The Balaban J connectivity index is 1.99. The van der Waals surface area contributed by atoms with Crippen LogP contribution >= 0.6 is 0 Å². The fourth-order valence-corrected chi connectivity index (χ4v) is 4.91. The molecular formula is C19H26N4O3S. The molecule has 0 saturated carbocycles. The highest BCUT2D eigenvalue weighted by atomic mass is 32.2. The topological polar surface area (TPSA) is 75.5 Å². The Morgan fingerprint density at radius 3 is 2.15 bits per heavy atom. The zero-order valence-corrected chi connectivity index (χ0v) is 17.0. The largest absolute Gasteiger partial charge is 0.340 e. The number of para-hydroxylation sites is 1. The Kier molecular flexibility index (Phi) is 5.14. The number of hydrogen-bond donors (Lipinski definition) is 0. The number of amides is 1. The van der Waals surface area contributed by atoms with Gasteiger partial charge in [0.2, 0.25) is 15.9 Å². The first kappa shape index (κ1) is 19.6. The van der Waals surface area contributed by atoms with Gasteiger partial charge >= 0.3 is 0 Å². The van der Waals surface area contributed by atoms with E-state index in [9.17, 15) is 13.2 Å². The van der Waals surface area contributed by atoms with Gasteiger partial charge in [0.1, 0.15) is 4.90 Å². The third-order valence-electron chi connectivity index (χ3n) is 4.71. The van der Waals surface area contributed by atoms with E-state index in [1.165, 1.54) is 11.2 Å². The van der Waals surface area contributed by atoms with Crippen LogP contribution in [0.3, 0.4) is 0 Å². The van der Waals surface area contributed by atoms with E-state index in [1.807, 2.05) is 51.1 Å². The van der Waals surface area contributed by atoms with Crippen molar-refractivity contribution in [3.63, 3.8) is 0 Å². The quantitative estimate of drug-likeness (QED) is 0.804. The summed E-state index contributed by atoms with van der Waals surface area (Å²) in [5.74, 6) is -0.0284. The molecule has 1 aromatic heterocycles. The average Bonchev–Trinajstić information content (AvgIpc) is 3.09. The monoisotopic (exact) mass is 390 g/mol. The number of hydrogen-bond acceptors (Lipinski definition) is 4. The second-order valence-electron chi connectivity index (χ2n) is 7.78. The summed E-state index contributed by atoms with van der Waals surface area (Å²) in [6, 6.07) is 9.47. The maximum atomic E-state index is 13.3. The Bertz CT molecular complexity index is 922. The van der Waals surface area contributed by atoms with Crippen LogP contribution in [0, 0.1) is 0 Å². The number of nitrogens with zero attached hydrogens (tertiary/aromatic N) is 4. The molecule has 0 N–H and O–H groups in total. The first-order valence-corrected chi connectivity index (χ1v) is 10.5. The van der Waals surface area contributed by atoms with Crippen LogP contribution in [0.4, 0.5) is 0 Å². The molecule has 1 aliphatic rings. The third kappa shape index (κ3) is 3.91. The fourth-order valence-electron chi connectivity index (χ4n) is 3.16. The van der Waals surface area contributed by atoms with Crippen molar-refractivity contribution in [2.24, 2.45) is 0 Å². The van der Waals surface area contributed by atoms with Crippen molar-refractivity contribution in [3.8, 4) is 5.69 Å². The normalized spacial score (nSPS) is 16.5. The van der Waals surface area contributed by atoms with E-state index >= 15 is 0 Å². The summed E-state index contributed by atoms with van der Waals surface area (Å²) in [5.41, 5.74) is 0.926. The molecule has 2 aromatic rings. The first-order valence-electron chi connectivity index (χ1n) is 9.02. The van der Waals surface area contributed by atoms with Crippen LogP contribution in [0.25, 0.3) is 5.69 Å². The van der Waals surface area contributed by atoms with Gasteiger partial charge in [0.05, 0.1) is 17.6 Å². The molecule has 27 heavy (non-hydrogen) atoms. The Morgan fingerprint density at radius 1 is 1.04 bits per heavy atom. The molecule has 8 heteroatoms. The minimum atomic E-state index is -3.70. The summed E-state index contributed by atoms with van der Waals surface area (Å²) < 4.78 is 29.8. The molecule has 1 amide bonds. The van der Waals surface area contributed by atoms with Crippen molar-refractivity contribution in [1.82, 2.24) is 19.0 Å². The molecule has 1 fully saturated rings. The summed E-state index contributed by atoms with van der Waals surface area (Å²) in [6.45, 7) is 8.78. The molecule has 7 nitrogen and oxygen atoms in total. The summed E-state index contributed by atoms with van der Waals surface area (Å²) in [7, 11) is -3.70. The van der Waals surface area contributed by atoms with Crippen molar-refractivity contribution in [2.45, 2.75) is 38.0 Å². The summed E-state index contributed by atoms with van der Waals surface area (Å²) in [5, 5.41) is 4.60. The molecule has 1 aliphatic heterocycles. The average molecular weight is 391 g/mol. The summed E-state index contributed by atoms with van der Waals surface area (Å²) in [4.78, 5) is 13.4. The SMILES string of the molecule is CC(=O)N1CCN(S(=O)(=O)c2cn(-c3ccccc3)nc2C(C)(C)C)CC1. The smallest absolute Gasteiger partial charge is 0.246 e. The Morgan fingerprint density at radius 2 is 1.63 bits per heavy atom. The highest BCUT2D eigenvalue weighted by Gasteiger charge is 2.36. The van der Waals surface area contributed by atoms with Crippen molar-refractivity contribution in [3.05, 3.63) is 42.2 Å². The second-order valence-corrected chi connectivity index (χ2v) is 9.69. The molecule has 0 unspecified atom stereocenters. The van der Waals surface area contributed by atoms with E-state index in [1.54, 1.807) is 15.8 Å². The van der Waals surface area contributed by atoms with Crippen LogP contribution in [0.1, 0.15) is 33.4 Å².